The highest BCUT2D eigenvalue weighted by Gasteiger charge is 2.09. The maximum Gasteiger partial charge on any atom is 0.320 e. The molecule has 148 valence electrons. The number of rotatable bonds is 6. The molecule has 12 heteroatoms. The van der Waals surface area contributed by atoms with Crippen LogP contribution in [0.1, 0.15) is 12.7 Å². The lowest BCUT2D eigenvalue weighted by atomic mass is 10.2. The van der Waals surface area contributed by atoms with Crippen molar-refractivity contribution in [2.45, 2.75) is 19.9 Å². The lowest BCUT2D eigenvalue weighted by Crippen LogP contribution is -2.30. The summed E-state index contributed by atoms with van der Waals surface area (Å²) >= 11 is 0. The second-order valence-corrected chi connectivity index (χ2v) is 6.06. The smallest absolute Gasteiger partial charge is 0.320 e. The molecule has 0 fully saturated rings. The van der Waals surface area contributed by atoms with Crippen molar-refractivity contribution >= 4 is 17.5 Å². The molecule has 4 rings (SSSR count). The molecule has 0 aliphatic rings. The van der Waals surface area contributed by atoms with Gasteiger partial charge in [0.05, 0.1) is 24.6 Å². The third-order valence-electron chi connectivity index (χ3n) is 3.97. The molecule has 0 bridgehead atoms. The number of carbonyl (C=O) groups excluding carboxylic acids is 1. The normalized spacial score (nSPS) is 11.0. The molecule has 2 amide bonds. The molecule has 4 aromatic rings. The van der Waals surface area contributed by atoms with Gasteiger partial charge in [0.25, 0.3) is 0 Å². The van der Waals surface area contributed by atoms with Crippen LogP contribution in [0, 0.1) is 5.82 Å². The number of pyridine rings is 1. The van der Waals surface area contributed by atoms with E-state index in [0.29, 0.717) is 48.1 Å². The summed E-state index contributed by atoms with van der Waals surface area (Å²) in [7, 11) is 0. The molecule has 0 aliphatic carbocycles. The maximum atomic E-state index is 13.4. The van der Waals surface area contributed by atoms with Gasteiger partial charge in [-0.05, 0) is 30.3 Å². The Labute approximate surface area is 164 Å². The molecule has 2 N–H and O–H groups in total. The monoisotopic (exact) mass is 396 g/mol. The van der Waals surface area contributed by atoms with Gasteiger partial charge in [-0.15, -0.1) is 10.2 Å². The first-order valence-corrected chi connectivity index (χ1v) is 8.89. The molecular formula is C17H17FN10O. The van der Waals surface area contributed by atoms with Gasteiger partial charge in [0.15, 0.2) is 17.3 Å². The number of carbonyl (C=O) groups is 1. The van der Waals surface area contributed by atoms with Crippen LogP contribution < -0.4 is 10.6 Å². The van der Waals surface area contributed by atoms with E-state index >= 15 is 0 Å². The Bertz CT molecular complexity index is 1150. The number of imidazole rings is 1. The summed E-state index contributed by atoms with van der Waals surface area (Å²) in [5.41, 5.74) is 1.61. The van der Waals surface area contributed by atoms with Gasteiger partial charge >= 0.3 is 6.03 Å². The van der Waals surface area contributed by atoms with Crippen LogP contribution in [0.4, 0.5) is 15.0 Å². The second kappa shape index (κ2) is 7.96. The number of nitrogens with zero attached hydrogens (tertiary/aromatic N) is 8. The summed E-state index contributed by atoms with van der Waals surface area (Å²) in [6.45, 7) is 2.91. The van der Waals surface area contributed by atoms with E-state index < -0.39 is 11.8 Å². The van der Waals surface area contributed by atoms with Crippen molar-refractivity contribution in [3.05, 3.63) is 48.4 Å². The number of hydrogen-bond acceptors (Lipinski definition) is 7. The fourth-order valence-electron chi connectivity index (χ4n) is 2.61. The minimum atomic E-state index is -0.443. The number of tetrazole rings is 1. The van der Waals surface area contributed by atoms with Crippen LogP contribution in [0.5, 0.6) is 0 Å². The van der Waals surface area contributed by atoms with Gasteiger partial charge in [0, 0.05) is 24.7 Å². The Morgan fingerprint density at radius 1 is 1.24 bits per heavy atom. The summed E-state index contributed by atoms with van der Waals surface area (Å²) in [5, 5.41) is 21.6. The summed E-state index contributed by atoms with van der Waals surface area (Å²) in [6.07, 6.45) is 4.68. The Hall–Kier alpha value is -3.96. The molecule has 0 radical (unpaired) electrons. The highest BCUT2D eigenvalue weighted by Crippen LogP contribution is 2.18. The predicted molar refractivity (Wildman–Crippen MR) is 100 cm³/mol. The lowest BCUT2D eigenvalue weighted by molar-refractivity contribution is 0.252. The molecule has 0 unspecified atom stereocenters. The van der Waals surface area contributed by atoms with Crippen LogP contribution in [0.25, 0.3) is 16.9 Å². The van der Waals surface area contributed by atoms with Crippen molar-refractivity contribution in [2.75, 3.05) is 11.9 Å². The van der Waals surface area contributed by atoms with Crippen LogP contribution in [0.15, 0.2) is 36.8 Å². The van der Waals surface area contributed by atoms with Crippen molar-refractivity contribution < 1.29 is 9.18 Å². The first-order valence-electron chi connectivity index (χ1n) is 8.89. The Morgan fingerprint density at radius 3 is 2.93 bits per heavy atom. The number of hydrogen-bond donors (Lipinski definition) is 2. The minimum Gasteiger partial charge on any atom is -0.337 e. The van der Waals surface area contributed by atoms with Gasteiger partial charge < -0.3 is 5.32 Å². The fraction of sp³-hybridized carbons (Fsp3) is 0.235. The van der Waals surface area contributed by atoms with E-state index in [0.717, 1.165) is 6.20 Å². The second-order valence-electron chi connectivity index (χ2n) is 6.06. The highest BCUT2D eigenvalue weighted by molar-refractivity contribution is 5.88. The van der Waals surface area contributed by atoms with Crippen LogP contribution in [-0.2, 0) is 13.0 Å². The number of aromatic nitrogens is 8. The zero-order chi connectivity index (χ0) is 20.2. The molecule has 29 heavy (non-hydrogen) atoms. The molecule has 0 aromatic carbocycles. The van der Waals surface area contributed by atoms with Gasteiger partial charge in [-0.2, -0.15) is 9.90 Å². The lowest BCUT2D eigenvalue weighted by Gasteiger charge is -2.03. The molecule has 0 saturated heterocycles. The third-order valence-corrected chi connectivity index (χ3v) is 3.97. The quantitative estimate of drug-likeness (QED) is 0.503. The van der Waals surface area contributed by atoms with E-state index in [1.807, 2.05) is 6.92 Å². The average Bonchev–Trinajstić information content (AvgIpc) is 3.33. The van der Waals surface area contributed by atoms with Crippen LogP contribution in [0.3, 0.4) is 0 Å². The standard InChI is InChI=1S/C17H17FN10O/c1-2-28-25-14(23-26-28)5-6-20-17(29)22-15-10-27-16(21-15)4-3-13(24-27)11-7-12(18)9-19-8-11/h3-4,7-10H,2,5-6H2,1H3,(H2,20,22,29). The molecule has 0 saturated carbocycles. The maximum absolute atomic E-state index is 13.4. The van der Waals surface area contributed by atoms with Crippen molar-refractivity contribution in [1.82, 2.24) is 45.1 Å². The summed E-state index contributed by atoms with van der Waals surface area (Å²) in [4.78, 5) is 21.7. The van der Waals surface area contributed by atoms with Crippen LogP contribution >= 0.6 is 0 Å². The van der Waals surface area contributed by atoms with E-state index in [1.54, 1.807) is 18.3 Å². The summed E-state index contributed by atoms with van der Waals surface area (Å²) < 4.78 is 14.9. The fourth-order valence-corrected chi connectivity index (χ4v) is 2.61. The van der Waals surface area contributed by atoms with Crippen molar-refractivity contribution in [2.24, 2.45) is 0 Å². The van der Waals surface area contributed by atoms with Gasteiger partial charge in [0.2, 0.25) is 0 Å². The van der Waals surface area contributed by atoms with E-state index in [2.05, 4.69) is 41.1 Å². The van der Waals surface area contributed by atoms with Crippen LogP contribution in [0.2, 0.25) is 0 Å². The molecular weight excluding hydrogens is 379 g/mol. The summed E-state index contributed by atoms with van der Waals surface area (Å²) in [6, 6.07) is 4.36. The topological polar surface area (TPSA) is 128 Å². The van der Waals surface area contributed by atoms with Crippen LogP contribution in [-0.4, -0.2) is 52.4 Å². The first-order chi connectivity index (χ1) is 14.1. The minimum absolute atomic E-state index is 0.333. The van der Waals surface area contributed by atoms with Crippen molar-refractivity contribution in [1.29, 1.82) is 0 Å². The van der Waals surface area contributed by atoms with E-state index in [9.17, 15) is 9.18 Å². The zero-order valence-electron chi connectivity index (χ0n) is 15.4. The largest absolute Gasteiger partial charge is 0.337 e. The molecule has 4 aromatic heterocycles. The van der Waals surface area contributed by atoms with Gasteiger partial charge in [-0.3, -0.25) is 10.3 Å². The van der Waals surface area contributed by atoms with E-state index in [-0.39, 0.29) is 0 Å². The van der Waals surface area contributed by atoms with Crippen molar-refractivity contribution in [3.8, 4) is 11.3 Å². The highest BCUT2D eigenvalue weighted by atomic mass is 19.1. The number of aryl methyl sites for hydroxylation is 1. The van der Waals surface area contributed by atoms with E-state index in [4.69, 9.17) is 0 Å². The third kappa shape index (κ3) is 4.31. The molecule has 0 aliphatic heterocycles. The molecule has 11 nitrogen and oxygen atoms in total. The average molecular weight is 396 g/mol. The zero-order valence-corrected chi connectivity index (χ0v) is 15.4. The number of halogens is 1. The number of urea groups is 1. The Morgan fingerprint density at radius 2 is 2.14 bits per heavy atom. The number of amides is 2. The van der Waals surface area contributed by atoms with Crippen molar-refractivity contribution in [3.63, 3.8) is 0 Å². The van der Waals surface area contributed by atoms with Gasteiger partial charge in [-0.25, -0.2) is 18.7 Å². The number of nitrogens with one attached hydrogen (secondary N) is 2. The molecule has 0 spiro atoms. The SMILES string of the molecule is CCn1nnc(CCNC(=O)Nc2cn3nc(-c4cncc(F)c4)ccc3n2)n1. The Balaban J connectivity index is 1.38. The summed E-state index contributed by atoms with van der Waals surface area (Å²) in [5.74, 6) is 0.449. The number of anilines is 1. The molecule has 0 atom stereocenters. The number of fused-ring (bicyclic) bond motifs is 1. The predicted octanol–water partition coefficient (Wildman–Crippen LogP) is 1.30. The van der Waals surface area contributed by atoms with E-state index in [1.165, 1.54) is 21.6 Å². The first kappa shape index (κ1) is 18.4. The Kier molecular flexibility index (Phi) is 5.05. The molecule has 4 heterocycles. The van der Waals surface area contributed by atoms with Gasteiger partial charge in [0.1, 0.15) is 5.82 Å². The van der Waals surface area contributed by atoms with Gasteiger partial charge in [-0.1, -0.05) is 0 Å².